The van der Waals surface area contributed by atoms with E-state index in [2.05, 4.69) is 10.1 Å². The van der Waals surface area contributed by atoms with Gasteiger partial charge in [0.1, 0.15) is 12.4 Å². The number of alkyl halides is 1. The van der Waals surface area contributed by atoms with Gasteiger partial charge in [-0.25, -0.2) is 4.39 Å². The van der Waals surface area contributed by atoms with Crippen molar-refractivity contribution in [2.45, 2.75) is 13.0 Å². The molecule has 17 heavy (non-hydrogen) atoms. The molecule has 0 fully saturated rings. The van der Waals surface area contributed by atoms with Gasteiger partial charge in [-0.1, -0.05) is 6.07 Å². The zero-order valence-corrected chi connectivity index (χ0v) is 9.51. The van der Waals surface area contributed by atoms with E-state index in [1.54, 1.807) is 10.9 Å². The summed E-state index contributed by atoms with van der Waals surface area (Å²) < 4.78 is 14.1. The highest BCUT2D eigenvalue weighted by atomic mass is 19.1. The number of aromatic nitrogens is 3. The first kappa shape index (κ1) is 11.7. The summed E-state index contributed by atoms with van der Waals surface area (Å²) in [4.78, 5) is 4.22. The van der Waals surface area contributed by atoms with Gasteiger partial charge in [0, 0.05) is 18.3 Å². The van der Waals surface area contributed by atoms with Gasteiger partial charge in [-0.15, -0.1) is 0 Å². The molecule has 0 aliphatic rings. The minimum Gasteiger partial charge on any atom is -0.330 e. The Morgan fingerprint density at radius 2 is 2.18 bits per heavy atom. The van der Waals surface area contributed by atoms with Crippen LogP contribution >= 0.6 is 0 Å². The van der Waals surface area contributed by atoms with Gasteiger partial charge in [0.15, 0.2) is 0 Å². The Hall–Kier alpha value is -1.75. The van der Waals surface area contributed by atoms with Gasteiger partial charge in [-0.2, -0.15) is 5.10 Å². The van der Waals surface area contributed by atoms with E-state index in [1.807, 2.05) is 24.3 Å². The fourth-order valence-electron chi connectivity index (χ4n) is 1.72. The molecule has 4 nitrogen and oxygen atoms in total. The summed E-state index contributed by atoms with van der Waals surface area (Å²) in [5.74, 6) is 0. The van der Waals surface area contributed by atoms with Gasteiger partial charge in [0.05, 0.1) is 12.2 Å². The standard InChI is InChI=1S/C12H15FN4/c13-5-8-17-10(4-6-14)9-12(16-17)11-3-1-2-7-15-11/h1-3,7,9H,4-6,8,14H2. The second kappa shape index (κ2) is 5.54. The highest BCUT2D eigenvalue weighted by Crippen LogP contribution is 2.16. The first-order chi connectivity index (χ1) is 8.35. The third-order valence-corrected chi connectivity index (χ3v) is 2.49. The van der Waals surface area contributed by atoms with Crippen molar-refractivity contribution < 1.29 is 4.39 Å². The van der Waals surface area contributed by atoms with E-state index in [0.717, 1.165) is 17.1 Å². The van der Waals surface area contributed by atoms with Crippen molar-refractivity contribution in [3.8, 4) is 11.4 Å². The second-order valence-electron chi connectivity index (χ2n) is 3.69. The first-order valence-electron chi connectivity index (χ1n) is 5.59. The Morgan fingerprint density at radius 1 is 1.29 bits per heavy atom. The Balaban J connectivity index is 2.33. The van der Waals surface area contributed by atoms with Gasteiger partial charge in [-0.3, -0.25) is 9.67 Å². The van der Waals surface area contributed by atoms with Crippen molar-refractivity contribution in [3.05, 3.63) is 36.2 Å². The molecule has 0 aliphatic heterocycles. The predicted octanol–water partition coefficient (Wildman–Crippen LogP) is 1.42. The topological polar surface area (TPSA) is 56.7 Å². The normalized spacial score (nSPS) is 10.7. The number of halogens is 1. The van der Waals surface area contributed by atoms with Crippen LogP contribution in [0.3, 0.4) is 0 Å². The summed E-state index contributed by atoms with van der Waals surface area (Å²) in [6.45, 7) is 0.364. The van der Waals surface area contributed by atoms with Gasteiger partial charge in [0.25, 0.3) is 0 Å². The summed E-state index contributed by atoms with van der Waals surface area (Å²) in [5.41, 5.74) is 8.03. The highest BCUT2D eigenvalue weighted by molar-refractivity contribution is 5.53. The number of hydrogen-bond donors (Lipinski definition) is 1. The van der Waals surface area contributed by atoms with E-state index in [9.17, 15) is 4.39 Å². The van der Waals surface area contributed by atoms with Crippen LogP contribution in [-0.2, 0) is 13.0 Å². The molecule has 0 aromatic carbocycles. The number of nitrogens with zero attached hydrogens (tertiary/aromatic N) is 3. The van der Waals surface area contributed by atoms with E-state index in [1.165, 1.54) is 0 Å². The van der Waals surface area contributed by atoms with Crippen molar-refractivity contribution in [2.75, 3.05) is 13.2 Å². The Labute approximate surface area is 99.3 Å². The van der Waals surface area contributed by atoms with E-state index in [4.69, 9.17) is 5.73 Å². The number of rotatable bonds is 5. The number of aryl methyl sites for hydroxylation is 1. The molecule has 0 bridgehead atoms. The molecule has 5 heteroatoms. The van der Waals surface area contributed by atoms with Crippen molar-refractivity contribution in [2.24, 2.45) is 5.73 Å². The molecule has 0 saturated carbocycles. The van der Waals surface area contributed by atoms with Gasteiger partial charge in [-0.05, 0) is 24.7 Å². The zero-order chi connectivity index (χ0) is 12.1. The van der Waals surface area contributed by atoms with Crippen molar-refractivity contribution in [1.29, 1.82) is 0 Å². The minimum absolute atomic E-state index is 0.266. The fraction of sp³-hybridized carbons (Fsp3) is 0.333. The summed E-state index contributed by atoms with van der Waals surface area (Å²) in [5, 5.41) is 4.35. The maximum absolute atomic E-state index is 12.4. The maximum Gasteiger partial charge on any atom is 0.111 e. The average molecular weight is 234 g/mol. The molecule has 2 aromatic heterocycles. The smallest absolute Gasteiger partial charge is 0.111 e. The number of nitrogens with two attached hydrogens (primary N) is 1. The highest BCUT2D eigenvalue weighted by Gasteiger charge is 2.09. The molecule has 0 amide bonds. The lowest BCUT2D eigenvalue weighted by Gasteiger charge is -2.02. The summed E-state index contributed by atoms with van der Waals surface area (Å²) in [6.07, 6.45) is 2.41. The number of hydrogen-bond acceptors (Lipinski definition) is 3. The van der Waals surface area contributed by atoms with E-state index < -0.39 is 6.67 Å². The molecular weight excluding hydrogens is 219 g/mol. The van der Waals surface area contributed by atoms with E-state index >= 15 is 0 Å². The van der Waals surface area contributed by atoms with Gasteiger partial charge >= 0.3 is 0 Å². The zero-order valence-electron chi connectivity index (χ0n) is 9.51. The monoisotopic (exact) mass is 234 g/mol. The molecule has 2 N–H and O–H groups in total. The Bertz CT molecular complexity index is 443. The lowest BCUT2D eigenvalue weighted by molar-refractivity contribution is 0.420. The fourth-order valence-corrected chi connectivity index (χ4v) is 1.72. The van der Waals surface area contributed by atoms with Crippen LogP contribution in [-0.4, -0.2) is 28.0 Å². The van der Waals surface area contributed by atoms with Gasteiger partial charge < -0.3 is 5.73 Å². The van der Waals surface area contributed by atoms with E-state index in [-0.39, 0.29) is 6.54 Å². The lowest BCUT2D eigenvalue weighted by atomic mass is 10.2. The lowest BCUT2D eigenvalue weighted by Crippen LogP contribution is -2.11. The quantitative estimate of drug-likeness (QED) is 0.851. The molecule has 2 aromatic rings. The molecule has 90 valence electrons. The molecule has 0 saturated heterocycles. The van der Waals surface area contributed by atoms with Crippen LogP contribution in [0.5, 0.6) is 0 Å². The van der Waals surface area contributed by atoms with Crippen molar-refractivity contribution in [1.82, 2.24) is 14.8 Å². The van der Waals surface area contributed by atoms with Crippen LogP contribution in [0.1, 0.15) is 5.69 Å². The van der Waals surface area contributed by atoms with E-state index in [0.29, 0.717) is 13.0 Å². The minimum atomic E-state index is -0.430. The summed E-state index contributed by atoms with van der Waals surface area (Å²) in [6, 6.07) is 7.56. The largest absolute Gasteiger partial charge is 0.330 e. The summed E-state index contributed by atoms with van der Waals surface area (Å²) >= 11 is 0. The van der Waals surface area contributed by atoms with Gasteiger partial charge in [0.2, 0.25) is 0 Å². The third kappa shape index (κ3) is 2.68. The van der Waals surface area contributed by atoms with Crippen LogP contribution in [0.4, 0.5) is 4.39 Å². The van der Waals surface area contributed by atoms with Crippen LogP contribution in [0.25, 0.3) is 11.4 Å². The van der Waals surface area contributed by atoms with Crippen LogP contribution in [0, 0.1) is 0 Å². The molecule has 0 unspecified atom stereocenters. The first-order valence-corrected chi connectivity index (χ1v) is 5.59. The SMILES string of the molecule is NCCc1cc(-c2ccccn2)nn1CCF. The predicted molar refractivity (Wildman–Crippen MR) is 64.2 cm³/mol. The maximum atomic E-state index is 12.4. The molecule has 0 aliphatic carbocycles. The Morgan fingerprint density at radius 3 is 2.82 bits per heavy atom. The average Bonchev–Trinajstić information content (AvgIpc) is 2.75. The summed E-state index contributed by atoms with van der Waals surface area (Å²) in [7, 11) is 0. The van der Waals surface area contributed by atoms with Crippen LogP contribution in [0.2, 0.25) is 0 Å². The molecular formula is C12H15FN4. The molecule has 0 atom stereocenters. The van der Waals surface area contributed by atoms with Crippen LogP contribution in [0.15, 0.2) is 30.5 Å². The molecule has 0 spiro atoms. The molecule has 2 rings (SSSR count). The molecule has 0 radical (unpaired) electrons. The molecule has 2 heterocycles. The van der Waals surface area contributed by atoms with Crippen molar-refractivity contribution >= 4 is 0 Å². The third-order valence-electron chi connectivity index (χ3n) is 2.49. The van der Waals surface area contributed by atoms with Crippen molar-refractivity contribution in [3.63, 3.8) is 0 Å². The second-order valence-corrected chi connectivity index (χ2v) is 3.69. The number of pyridine rings is 1. The Kier molecular flexibility index (Phi) is 3.82. The van der Waals surface area contributed by atoms with Crippen LogP contribution < -0.4 is 5.73 Å².